The number of aliphatic carboxylic acids is 1. The Labute approximate surface area is 175 Å². The van der Waals surface area contributed by atoms with Crippen molar-refractivity contribution >= 4 is 74.3 Å². The quantitative estimate of drug-likeness (QED) is 0.158. The molecule has 2 aliphatic rings. The molecule has 10 nitrogen and oxygen atoms in total. The van der Waals surface area contributed by atoms with Crippen LogP contribution in [0, 0.1) is 0 Å². The Morgan fingerprint density at radius 3 is 2.89 bits per heavy atom. The molecule has 0 bridgehead atoms. The van der Waals surface area contributed by atoms with E-state index in [0.29, 0.717) is 15.8 Å². The van der Waals surface area contributed by atoms with Crippen LogP contribution in [-0.2, 0) is 19.2 Å². The number of hydrogen-bond donors (Lipinski definition) is 3. The number of nitrogen functional groups attached to an aromatic ring is 1. The molecule has 0 radical (unpaired) electrons. The van der Waals surface area contributed by atoms with Gasteiger partial charge in [0, 0.05) is 15.6 Å². The highest BCUT2D eigenvalue weighted by atomic mass is 127. The molecule has 2 atom stereocenters. The van der Waals surface area contributed by atoms with E-state index in [0.717, 1.165) is 11.3 Å². The van der Waals surface area contributed by atoms with Gasteiger partial charge in [-0.05, 0) is 5.57 Å². The number of hydrogen-bond acceptors (Lipinski definition) is 9. The molecule has 1 saturated heterocycles. The smallest absolute Gasteiger partial charge is 0.352 e. The second kappa shape index (κ2) is 8.02. The predicted molar refractivity (Wildman–Crippen MR) is 109 cm³/mol. The normalized spacial score (nSPS) is 22.2. The highest BCUT2D eigenvalue weighted by Crippen LogP contribution is 2.40. The van der Waals surface area contributed by atoms with Gasteiger partial charge in [0.15, 0.2) is 10.8 Å². The number of rotatable bonds is 6. The van der Waals surface area contributed by atoms with Crippen LogP contribution in [0.5, 0.6) is 0 Å². The first-order valence-electron chi connectivity index (χ1n) is 7.48. The zero-order chi connectivity index (χ0) is 19.7. The molecule has 4 N–H and O–H groups in total. The molecule has 144 valence electrons. The molecule has 1 aromatic rings. The first-order valence-corrected chi connectivity index (χ1v) is 10.9. The Morgan fingerprint density at radius 2 is 2.33 bits per heavy atom. The van der Waals surface area contributed by atoms with Crippen molar-refractivity contribution in [2.75, 3.05) is 23.0 Å². The minimum atomic E-state index is -1.15. The summed E-state index contributed by atoms with van der Waals surface area (Å²) in [7, 11) is 1.28. The number of fused-ring (bicyclic) bond motifs is 1. The third-order valence-corrected chi connectivity index (χ3v) is 6.79. The highest BCUT2D eigenvalue weighted by molar-refractivity contribution is 14.1. The fraction of sp³-hybridized carbons (Fsp3) is 0.357. The average Bonchev–Trinajstić information content (AvgIpc) is 3.08. The summed E-state index contributed by atoms with van der Waals surface area (Å²) >= 11 is 4.61. The molecule has 0 spiro atoms. The number of aromatic nitrogens is 1. The van der Waals surface area contributed by atoms with E-state index in [-0.39, 0.29) is 22.2 Å². The van der Waals surface area contributed by atoms with Crippen LogP contribution < -0.4 is 11.1 Å². The van der Waals surface area contributed by atoms with E-state index < -0.39 is 29.2 Å². The summed E-state index contributed by atoms with van der Waals surface area (Å²) in [6.07, 6.45) is 0. The third-order valence-electron chi connectivity index (χ3n) is 3.86. The van der Waals surface area contributed by atoms with Crippen LogP contribution in [0.4, 0.5) is 5.13 Å². The van der Waals surface area contributed by atoms with Crippen LogP contribution in [0.2, 0.25) is 0 Å². The van der Waals surface area contributed by atoms with Gasteiger partial charge >= 0.3 is 5.97 Å². The number of oxime groups is 1. The number of anilines is 1. The zero-order valence-corrected chi connectivity index (χ0v) is 17.6. The number of nitrogens with one attached hydrogen (secondary N) is 1. The van der Waals surface area contributed by atoms with Crippen LogP contribution in [0.15, 0.2) is 21.8 Å². The van der Waals surface area contributed by atoms with Gasteiger partial charge in [-0.15, -0.1) is 23.1 Å². The van der Waals surface area contributed by atoms with Gasteiger partial charge in [-0.2, -0.15) is 0 Å². The second-order valence-corrected chi connectivity index (χ2v) is 8.20. The number of carboxylic acids is 1. The lowest BCUT2D eigenvalue weighted by molar-refractivity contribution is -0.150. The van der Waals surface area contributed by atoms with Crippen molar-refractivity contribution in [1.82, 2.24) is 15.2 Å². The fourth-order valence-corrected chi connectivity index (χ4v) is 5.58. The number of halogens is 1. The highest BCUT2D eigenvalue weighted by Gasteiger charge is 2.54. The van der Waals surface area contributed by atoms with Gasteiger partial charge in [0.05, 0.1) is 0 Å². The van der Waals surface area contributed by atoms with Crippen molar-refractivity contribution in [1.29, 1.82) is 0 Å². The van der Waals surface area contributed by atoms with Crippen molar-refractivity contribution in [3.63, 3.8) is 0 Å². The van der Waals surface area contributed by atoms with Gasteiger partial charge in [-0.1, -0.05) is 27.7 Å². The fourth-order valence-electron chi connectivity index (χ4n) is 2.69. The Morgan fingerprint density at radius 1 is 1.59 bits per heavy atom. The maximum absolute atomic E-state index is 12.6. The van der Waals surface area contributed by atoms with Gasteiger partial charge < -0.3 is 21.0 Å². The lowest BCUT2D eigenvalue weighted by Gasteiger charge is -2.49. The summed E-state index contributed by atoms with van der Waals surface area (Å²) < 4.78 is 0.510. The third kappa shape index (κ3) is 3.62. The molecule has 3 rings (SSSR count). The van der Waals surface area contributed by atoms with E-state index in [9.17, 15) is 19.5 Å². The van der Waals surface area contributed by atoms with E-state index in [1.165, 1.54) is 23.8 Å². The molecule has 2 aliphatic heterocycles. The Balaban J connectivity index is 1.79. The van der Waals surface area contributed by atoms with E-state index in [1.807, 2.05) is 0 Å². The molecule has 27 heavy (non-hydrogen) atoms. The predicted octanol–water partition coefficient (Wildman–Crippen LogP) is 0.249. The molecule has 1 aromatic heterocycles. The number of nitrogens with zero attached hydrogens (tertiary/aromatic N) is 3. The summed E-state index contributed by atoms with van der Waals surface area (Å²) in [4.78, 5) is 46.6. The van der Waals surface area contributed by atoms with Crippen molar-refractivity contribution in [2.45, 2.75) is 11.4 Å². The number of nitrogens with two attached hydrogens (primary N) is 1. The van der Waals surface area contributed by atoms with Crippen LogP contribution >= 0.6 is 45.7 Å². The van der Waals surface area contributed by atoms with E-state index in [4.69, 9.17) is 10.6 Å². The van der Waals surface area contributed by atoms with Crippen LogP contribution in [-0.4, -0.2) is 67.2 Å². The maximum atomic E-state index is 12.6. The Hall–Kier alpha value is -1.87. The number of carbonyl (C=O) groups is 3. The monoisotopic (exact) mass is 523 g/mol. The standard InChI is InChI=1S/C14H14IN5O5S2/c1-25-19-7(6-4-27-14(16)17-6)10(21)18-8-11(22)20-9(13(23)24)5(2-15)3-26-12(8)20/h4,8,12H,2-3H2,1H3,(H2,16,17)(H,18,21)(H,23,24)/b19-7+. The van der Waals surface area contributed by atoms with E-state index >= 15 is 0 Å². The molecular formula is C14H14IN5O5S2. The van der Waals surface area contributed by atoms with Crippen LogP contribution in [0.1, 0.15) is 5.69 Å². The molecule has 1 fully saturated rings. The minimum absolute atomic E-state index is 0.00158. The van der Waals surface area contributed by atoms with Gasteiger partial charge in [0.25, 0.3) is 11.8 Å². The molecular weight excluding hydrogens is 509 g/mol. The number of alkyl halides is 1. The summed E-state index contributed by atoms with van der Waals surface area (Å²) in [5.74, 6) is -1.80. The maximum Gasteiger partial charge on any atom is 0.352 e. The van der Waals surface area contributed by atoms with Crippen molar-refractivity contribution < 1.29 is 24.3 Å². The van der Waals surface area contributed by atoms with Crippen molar-refractivity contribution in [3.05, 3.63) is 22.3 Å². The average molecular weight is 523 g/mol. The number of amides is 2. The number of thiazole rings is 1. The number of β-lactam (4-membered cyclic amide) rings is 1. The molecule has 0 aliphatic carbocycles. The first kappa shape index (κ1) is 19.9. The summed E-state index contributed by atoms with van der Waals surface area (Å²) in [5, 5.41) is 17.0. The molecule has 0 aromatic carbocycles. The summed E-state index contributed by atoms with van der Waals surface area (Å²) in [6, 6.07) is -0.856. The van der Waals surface area contributed by atoms with Gasteiger partial charge in [0.1, 0.15) is 29.9 Å². The summed E-state index contributed by atoms with van der Waals surface area (Å²) in [5.41, 5.74) is 6.39. The lowest BCUT2D eigenvalue weighted by atomic mass is 10.0. The number of thioether (sulfide) groups is 1. The molecule has 13 heteroatoms. The molecule has 2 amide bonds. The molecule has 2 unspecified atom stereocenters. The number of carboxylic acid groups (broad SMARTS) is 1. The zero-order valence-electron chi connectivity index (χ0n) is 13.8. The van der Waals surface area contributed by atoms with E-state index in [2.05, 4.69) is 38.0 Å². The Bertz CT molecular complexity index is 870. The largest absolute Gasteiger partial charge is 0.477 e. The van der Waals surface area contributed by atoms with Gasteiger partial charge in [-0.25, -0.2) is 9.78 Å². The van der Waals surface area contributed by atoms with Crippen LogP contribution in [0.3, 0.4) is 0 Å². The topological polar surface area (TPSA) is 147 Å². The molecule has 0 saturated carbocycles. The van der Waals surface area contributed by atoms with Gasteiger partial charge in [-0.3, -0.25) is 14.5 Å². The van der Waals surface area contributed by atoms with Crippen molar-refractivity contribution in [3.8, 4) is 0 Å². The van der Waals surface area contributed by atoms with Crippen LogP contribution in [0.25, 0.3) is 0 Å². The van der Waals surface area contributed by atoms with Gasteiger partial charge in [0.2, 0.25) is 0 Å². The lowest BCUT2D eigenvalue weighted by Crippen LogP contribution is -2.71. The second-order valence-electron chi connectivity index (χ2n) is 5.45. The van der Waals surface area contributed by atoms with Crippen molar-refractivity contribution in [2.24, 2.45) is 5.16 Å². The minimum Gasteiger partial charge on any atom is -0.477 e. The molecule has 3 heterocycles. The van der Waals surface area contributed by atoms with E-state index in [1.54, 1.807) is 5.38 Å². The number of carbonyl (C=O) groups excluding carboxylic acids is 2. The SMILES string of the molecule is CO/N=C(/C(=O)NC1C(=O)N2C(C(=O)O)=C(CI)CSC12)c1csc(N)n1. The summed E-state index contributed by atoms with van der Waals surface area (Å²) in [6.45, 7) is 0. The first-order chi connectivity index (χ1) is 12.9. The Kier molecular flexibility index (Phi) is 5.90.